The lowest BCUT2D eigenvalue weighted by molar-refractivity contribution is -0.0410. The molecule has 0 saturated heterocycles. The van der Waals surface area contributed by atoms with Crippen molar-refractivity contribution in [2.75, 3.05) is 0 Å². The molecule has 106 valence electrons. The Morgan fingerprint density at radius 1 is 1.05 bits per heavy atom. The van der Waals surface area contributed by atoms with Gasteiger partial charge in [-0.1, -0.05) is 71.0 Å². The van der Waals surface area contributed by atoms with Gasteiger partial charge in [-0.05, 0) is 35.8 Å². The molecule has 1 aromatic carbocycles. The molecule has 0 saturated carbocycles. The molecule has 0 amide bonds. The van der Waals surface area contributed by atoms with Gasteiger partial charge in [-0.3, -0.25) is 0 Å². The monoisotopic (exact) mass is 260 g/mol. The zero-order valence-corrected chi connectivity index (χ0v) is 13.0. The topological polar surface area (TPSA) is 20.2 Å². The van der Waals surface area contributed by atoms with Gasteiger partial charge in [0, 0.05) is 0 Å². The zero-order valence-electron chi connectivity index (χ0n) is 13.0. The Labute approximate surface area is 118 Å². The summed E-state index contributed by atoms with van der Waals surface area (Å²) in [6.07, 6.45) is 4.74. The number of hydrogen-bond donors (Lipinski definition) is 1. The molecule has 0 radical (unpaired) electrons. The van der Waals surface area contributed by atoms with E-state index < -0.39 is 5.60 Å². The molecule has 0 bridgehead atoms. The van der Waals surface area contributed by atoms with E-state index in [0.717, 1.165) is 30.4 Å². The van der Waals surface area contributed by atoms with Crippen LogP contribution in [0, 0.1) is 5.41 Å². The lowest BCUT2D eigenvalue weighted by Crippen LogP contribution is -2.45. The molecule has 19 heavy (non-hydrogen) atoms. The maximum absolute atomic E-state index is 11.2. The van der Waals surface area contributed by atoms with Gasteiger partial charge in [0.25, 0.3) is 0 Å². The first-order valence-electron chi connectivity index (χ1n) is 7.39. The van der Waals surface area contributed by atoms with Crippen LogP contribution in [0.3, 0.4) is 0 Å². The van der Waals surface area contributed by atoms with E-state index in [9.17, 15) is 5.11 Å². The van der Waals surface area contributed by atoms with Gasteiger partial charge in [0.2, 0.25) is 0 Å². The van der Waals surface area contributed by atoms with Crippen molar-refractivity contribution in [2.45, 2.75) is 59.5 Å². The Bertz CT molecular complexity index is 417. The summed E-state index contributed by atoms with van der Waals surface area (Å²) in [5, 5.41) is 11.2. The molecular weight excluding hydrogens is 232 g/mol. The second kappa shape index (κ2) is 6.38. The zero-order chi connectivity index (χ0) is 14.5. The van der Waals surface area contributed by atoms with Crippen molar-refractivity contribution in [3.63, 3.8) is 0 Å². The summed E-state index contributed by atoms with van der Waals surface area (Å²) < 4.78 is 0. The van der Waals surface area contributed by atoms with Gasteiger partial charge in [0.15, 0.2) is 0 Å². The third kappa shape index (κ3) is 3.27. The molecule has 1 rings (SSSR count). The Kier molecular flexibility index (Phi) is 5.37. The largest absolute Gasteiger partial charge is 0.385 e. The predicted octanol–water partition coefficient (Wildman–Crippen LogP) is 5.06. The summed E-state index contributed by atoms with van der Waals surface area (Å²) in [7, 11) is 0. The molecule has 1 N–H and O–H groups in total. The van der Waals surface area contributed by atoms with Crippen molar-refractivity contribution >= 4 is 6.08 Å². The molecule has 1 heteroatoms. The van der Waals surface area contributed by atoms with Crippen molar-refractivity contribution in [3.05, 3.63) is 41.5 Å². The second-order valence-corrected chi connectivity index (χ2v) is 5.89. The summed E-state index contributed by atoms with van der Waals surface area (Å²) in [6.45, 7) is 10.7. The van der Waals surface area contributed by atoms with Gasteiger partial charge < -0.3 is 5.11 Å². The van der Waals surface area contributed by atoms with E-state index in [1.165, 1.54) is 0 Å². The first kappa shape index (κ1) is 16.0. The summed E-state index contributed by atoms with van der Waals surface area (Å²) in [6, 6.07) is 10.3. The maximum atomic E-state index is 11.2. The third-order valence-corrected chi connectivity index (χ3v) is 4.57. The SMILES string of the molecule is CC/C(=C\c1ccccc1)C(O)(CC)C(C)(C)CC. The van der Waals surface area contributed by atoms with E-state index in [2.05, 4.69) is 52.8 Å². The quantitative estimate of drug-likeness (QED) is 0.758. The highest BCUT2D eigenvalue weighted by atomic mass is 16.3. The highest BCUT2D eigenvalue weighted by Crippen LogP contribution is 2.43. The van der Waals surface area contributed by atoms with Crippen LogP contribution in [0.15, 0.2) is 35.9 Å². The van der Waals surface area contributed by atoms with Crippen molar-refractivity contribution in [1.82, 2.24) is 0 Å². The standard InChI is InChI=1S/C18H28O/c1-6-16(14-15-12-10-9-11-13-15)18(19,8-3)17(4,5)7-2/h9-14,19H,6-8H2,1-5H3/b16-14+. The molecular formula is C18H28O. The normalized spacial score (nSPS) is 16.2. The molecule has 0 aliphatic carbocycles. The molecule has 0 heterocycles. The molecule has 1 nitrogen and oxygen atoms in total. The van der Waals surface area contributed by atoms with Gasteiger partial charge in [0.05, 0.1) is 5.60 Å². The fourth-order valence-electron chi connectivity index (χ4n) is 2.70. The van der Waals surface area contributed by atoms with E-state index in [0.29, 0.717) is 0 Å². The first-order chi connectivity index (χ1) is 8.91. The summed E-state index contributed by atoms with van der Waals surface area (Å²) in [5.41, 5.74) is 1.45. The molecule has 1 aromatic rings. The Morgan fingerprint density at radius 3 is 2.05 bits per heavy atom. The van der Waals surface area contributed by atoms with Crippen LogP contribution in [0.25, 0.3) is 6.08 Å². The number of hydrogen-bond acceptors (Lipinski definition) is 1. The van der Waals surface area contributed by atoms with E-state index in [4.69, 9.17) is 0 Å². The molecule has 0 fully saturated rings. The van der Waals surface area contributed by atoms with Crippen LogP contribution in [0.4, 0.5) is 0 Å². The summed E-state index contributed by atoms with van der Waals surface area (Å²) >= 11 is 0. The minimum atomic E-state index is -0.730. The molecule has 1 unspecified atom stereocenters. The van der Waals surface area contributed by atoms with Crippen molar-refractivity contribution in [1.29, 1.82) is 0 Å². The van der Waals surface area contributed by atoms with Crippen LogP contribution in [0.2, 0.25) is 0 Å². The van der Waals surface area contributed by atoms with Crippen LogP contribution in [-0.2, 0) is 0 Å². The van der Waals surface area contributed by atoms with Crippen LogP contribution < -0.4 is 0 Å². The number of aliphatic hydroxyl groups is 1. The van der Waals surface area contributed by atoms with E-state index >= 15 is 0 Å². The third-order valence-electron chi connectivity index (χ3n) is 4.57. The predicted molar refractivity (Wildman–Crippen MR) is 84.0 cm³/mol. The Balaban J connectivity index is 3.24. The van der Waals surface area contributed by atoms with E-state index in [-0.39, 0.29) is 5.41 Å². The highest BCUT2D eigenvalue weighted by molar-refractivity contribution is 5.55. The summed E-state index contributed by atoms with van der Waals surface area (Å²) in [4.78, 5) is 0. The van der Waals surface area contributed by atoms with Gasteiger partial charge in [-0.25, -0.2) is 0 Å². The van der Waals surface area contributed by atoms with Crippen LogP contribution in [-0.4, -0.2) is 10.7 Å². The first-order valence-corrected chi connectivity index (χ1v) is 7.39. The number of benzene rings is 1. The van der Waals surface area contributed by atoms with Crippen LogP contribution >= 0.6 is 0 Å². The van der Waals surface area contributed by atoms with Gasteiger partial charge in [0.1, 0.15) is 0 Å². The minimum Gasteiger partial charge on any atom is -0.385 e. The second-order valence-electron chi connectivity index (χ2n) is 5.89. The molecule has 0 aliphatic heterocycles. The number of rotatable bonds is 6. The lowest BCUT2D eigenvalue weighted by Gasteiger charge is -2.44. The van der Waals surface area contributed by atoms with Crippen LogP contribution in [0.5, 0.6) is 0 Å². The van der Waals surface area contributed by atoms with Crippen molar-refractivity contribution in [2.24, 2.45) is 5.41 Å². The Morgan fingerprint density at radius 2 is 1.63 bits per heavy atom. The minimum absolute atomic E-state index is 0.113. The van der Waals surface area contributed by atoms with Crippen LogP contribution in [0.1, 0.15) is 59.4 Å². The van der Waals surface area contributed by atoms with Crippen molar-refractivity contribution < 1.29 is 5.11 Å². The van der Waals surface area contributed by atoms with Gasteiger partial charge in [-0.2, -0.15) is 0 Å². The summed E-state index contributed by atoms with van der Waals surface area (Å²) in [5.74, 6) is 0. The Hall–Kier alpha value is -1.08. The maximum Gasteiger partial charge on any atom is 0.0907 e. The molecule has 0 aliphatic rings. The fourth-order valence-corrected chi connectivity index (χ4v) is 2.70. The smallest absolute Gasteiger partial charge is 0.0907 e. The fraction of sp³-hybridized carbons (Fsp3) is 0.556. The average Bonchev–Trinajstić information content (AvgIpc) is 2.44. The highest BCUT2D eigenvalue weighted by Gasteiger charge is 2.42. The van der Waals surface area contributed by atoms with E-state index in [1.807, 2.05) is 18.2 Å². The van der Waals surface area contributed by atoms with Gasteiger partial charge >= 0.3 is 0 Å². The van der Waals surface area contributed by atoms with Crippen molar-refractivity contribution in [3.8, 4) is 0 Å². The molecule has 0 spiro atoms. The van der Waals surface area contributed by atoms with Gasteiger partial charge in [-0.15, -0.1) is 0 Å². The average molecular weight is 260 g/mol. The molecule has 0 aromatic heterocycles. The lowest BCUT2D eigenvalue weighted by atomic mass is 9.66. The molecule has 1 atom stereocenters. The van der Waals surface area contributed by atoms with E-state index in [1.54, 1.807) is 0 Å².